The van der Waals surface area contributed by atoms with Crippen molar-refractivity contribution in [2.24, 2.45) is 0 Å². The highest BCUT2D eigenvalue weighted by Gasteiger charge is 2.24. The molecule has 4 aromatic rings. The van der Waals surface area contributed by atoms with E-state index in [2.05, 4.69) is 25.0 Å². The summed E-state index contributed by atoms with van der Waals surface area (Å²) in [5, 5.41) is 4.95. The largest absolute Gasteiger partial charge is 0.353 e. The fourth-order valence-corrected chi connectivity index (χ4v) is 3.61. The van der Waals surface area contributed by atoms with E-state index in [1.54, 1.807) is 19.2 Å². The van der Waals surface area contributed by atoms with Crippen molar-refractivity contribution in [3.05, 3.63) is 66.3 Å². The molecule has 4 heterocycles. The zero-order valence-corrected chi connectivity index (χ0v) is 16.5. The van der Waals surface area contributed by atoms with Gasteiger partial charge in [-0.05, 0) is 24.3 Å². The number of carbonyl (C=O) groups is 1. The van der Waals surface area contributed by atoms with Crippen LogP contribution < -0.4 is 4.90 Å². The van der Waals surface area contributed by atoms with Crippen LogP contribution in [0.4, 0.5) is 5.82 Å². The second kappa shape index (κ2) is 7.55. The van der Waals surface area contributed by atoms with E-state index in [0.717, 1.165) is 22.3 Å². The van der Waals surface area contributed by atoms with Gasteiger partial charge in [0.05, 0.1) is 5.52 Å². The van der Waals surface area contributed by atoms with Crippen molar-refractivity contribution in [1.82, 2.24) is 25.0 Å². The van der Waals surface area contributed by atoms with Crippen molar-refractivity contribution < 1.29 is 9.32 Å². The predicted octanol–water partition coefficient (Wildman–Crippen LogP) is 2.95. The highest BCUT2D eigenvalue weighted by Crippen LogP contribution is 2.20. The Hall–Kier alpha value is -3.81. The number of carbonyl (C=O) groups excluding carboxylic acids is 1. The zero-order chi connectivity index (χ0) is 20.5. The fraction of sp³-hybridized carbons (Fsp3) is 0.227. The average molecular weight is 400 g/mol. The predicted molar refractivity (Wildman–Crippen MR) is 112 cm³/mol. The normalized spacial score (nSPS) is 14.3. The third kappa shape index (κ3) is 3.47. The van der Waals surface area contributed by atoms with Crippen LogP contribution in [-0.2, 0) is 0 Å². The summed E-state index contributed by atoms with van der Waals surface area (Å²) in [6.07, 6.45) is 1.75. The van der Waals surface area contributed by atoms with E-state index in [1.807, 2.05) is 47.4 Å². The maximum absolute atomic E-state index is 12.9. The Bertz CT molecular complexity index is 1200. The molecule has 1 amide bonds. The molecular weight excluding hydrogens is 380 g/mol. The third-order valence-corrected chi connectivity index (χ3v) is 5.24. The SMILES string of the molecule is Cc1nc(-c2ccc(N3CCN(C(=O)c4ccc5ccccc5n4)CC3)nc2)no1. The number of piperazine rings is 1. The zero-order valence-electron chi connectivity index (χ0n) is 16.5. The Morgan fingerprint density at radius 2 is 1.80 bits per heavy atom. The van der Waals surface area contributed by atoms with Gasteiger partial charge in [0.25, 0.3) is 5.91 Å². The number of rotatable bonds is 3. The van der Waals surface area contributed by atoms with Gasteiger partial charge in [0.2, 0.25) is 11.7 Å². The monoisotopic (exact) mass is 400 g/mol. The number of hydrogen-bond donors (Lipinski definition) is 0. The van der Waals surface area contributed by atoms with E-state index in [-0.39, 0.29) is 5.91 Å². The molecule has 1 aliphatic heterocycles. The number of aryl methyl sites for hydroxylation is 1. The lowest BCUT2D eigenvalue weighted by atomic mass is 10.2. The van der Waals surface area contributed by atoms with Crippen LogP contribution >= 0.6 is 0 Å². The van der Waals surface area contributed by atoms with E-state index in [9.17, 15) is 4.79 Å². The third-order valence-electron chi connectivity index (χ3n) is 5.24. The van der Waals surface area contributed by atoms with Gasteiger partial charge in [-0.2, -0.15) is 4.98 Å². The Balaban J connectivity index is 1.25. The molecule has 0 bridgehead atoms. The lowest BCUT2D eigenvalue weighted by molar-refractivity contribution is 0.0741. The van der Waals surface area contributed by atoms with E-state index < -0.39 is 0 Å². The Morgan fingerprint density at radius 1 is 0.967 bits per heavy atom. The average Bonchev–Trinajstić information content (AvgIpc) is 3.25. The van der Waals surface area contributed by atoms with Crippen LogP contribution in [0.2, 0.25) is 0 Å². The Labute approximate surface area is 173 Å². The molecule has 1 aromatic carbocycles. The molecule has 3 aromatic heterocycles. The first-order valence-electron chi connectivity index (χ1n) is 9.84. The van der Waals surface area contributed by atoms with Gasteiger partial charge in [-0.1, -0.05) is 29.4 Å². The van der Waals surface area contributed by atoms with Crippen LogP contribution in [0.1, 0.15) is 16.4 Å². The van der Waals surface area contributed by atoms with Gasteiger partial charge >= 0.3 is 0 Å². The van der Waals surface area contributed by atoms with Gasteiger partial charge in [-0.3, -0.25) is 4.79 Å². The second-order valence-electron chi connectivity index (χ2n) is 7.21. The summed E-state index contributed by atoms with van der Waals surface area (Å²) in [5.41, 5.74) is 2.13. The van der Waals surface area contributed by atoms with Crippen molar-refractivity contribution in [1.29, 1.82) is 0 Å². The molecule has 1 aliphatic rings. The van der Waals surface area contributed by atoms with Gasteiger partial charge in [-0.15, -0.1) is 0 Å². The molecular formula is C22H20N6O2. The summed E-state index contributed by atoms with van der Waals surface area (Å²) in [6, 6.07) is 15.4. The maximum Gasteiger partial charge on any atom is 0.272 e. The standard InChI is InChI=1S/C22H20N6O2/c1-15-24-21(26-30-15)17-7-9-20(23-14-17)27-10-12-28(13-11-27)22(29)19-8-6-16-4-2-3-5-18(16)25-19/h2-9,14H,10-13H2,1H3. The van der Waals surface area contributed by atoms with Gasteiger partial charge in [0.15, 0.2) is 0 Å². The van der Waals surface area contributed by atoms with Crippen molar-refractivity contribution >= 4 is 22.6 Å². The van der Waals surface area contributed by atoms with Crippen molar-refractivity contribution in [3.8, 4) is 11.4 Å². The molecule has 0 aliphatic carbocycles. The van der Waals surface area contributed by atoms with Crippen LogP contribution in [0.15, 0.2) is 59.3 Å². The van der Waals surface area contributed by atoms with E-state index in [4.69, 9.17) is 4.52 Å². The van der Waals surface area contributed by atoms with Crippen molar-refractivity contribution in [2.45, 2.75) is 6.92 Å². The number of nitrogens with zero attached hydrogens (tertiary/aromatic N) is 6. The Morgan fingerprint density at radius 3 is 2.53 bits per heavy atom. The Kier molecular flexibility index (Phi) is 4.59. The minimum absolute atomic E-state index is 0.0313. The molecule has 0 saturated carbocycles. The molecule has 30 heavy (non-hydrogen) atoms. The lowest BCUT2D eigenvalue weighted by Crippen LogP contribution is -2.49. The van der Waals surface area contributed by atoms with Crippen LogP contribution in [0.5, 0.6) is 0 Å². The maximum atomic E-state index is 12.9. The van der Waals surface area contributed by atoms with Gasteiger partial charge in [0.1, 0.15) is 11.5 Å². The smallest absolute Gasteiger partial charge is 0.272 e. The van der Waals surface area contributed by atoms with Crippen LogP contribution in [0.25, 0.3) is 22.3 Å². The molecule has 0 spiro atoms. The summed E-state index contributed by atoms with van der Waals surface area (Å²) in [7, 11) is 0. The quantitative estimate of drug-likeness (QED) is 0.522. The highest BCUT2D eigenvalue weighted by atomic mass is 16.5. The summed E-state index contributed by atoms with van der Waals surface area (Å²) in [5.74, 6) is 1.90. The van der Waals surface area contributed by atoms with Gasteiger partial charge in [0, 0.05) is 50.2 Å². The lowest BCUT2D eigenvalue weighted by Gasteiger charge is -2.35. The summed E-state index contributed by atoms with van der Waals surface area (Å²) < 4.78 is 5.02. The second-order valence-corrected chi connectivity index (χ2v) is 7.21. The first kappa shape index (κ1) is 18.2. The van der Waals surface area contributed by atoms with Gasteiger partial charge < -0.3 is 14.3 Å². The number of hydrogen-bond acceptors (Lipinski definition) is 7. The molecule has 8 heteroatoms. The minimum atomic E-state index is -0.0313. The van der Waals surface area contributed by atoms with Crippen molar-refractivity contribution in [2.75, 3.05) is 31.1 Å². The highest BCUT2D eigenvalue weighted by molar-refractivity contribution is 5.95. The first-order chi connectivity index (χ1) is 14.7. The number of amides is 1. The summed E-state index contributed by atoms with van der Waals surface area (Å²) >= 11 is 0. The molecule has 8 nitrogen and oxygen atoms in total. The topological polar surface area (TPSA) is 88.3 Å². The number of fused-ring (bicyclic) bond motifs is 1. The van der Waals surface area contributed by atoms with Crippen molar-refractivity contribution in [3.63, 3.8) is 0 Å². The molecule has 5 rings (SSSR count). The number of benzene rings is 1. The van der Waals surface area contributed by atoms with Crippen LogP contribution in [0, 0.1) is 6.92 Å². The van der Waals surface area contributed by atoms with E-state index >= 15 is 0 Å². The first-order valence-corrected chi connectivity index (χ1v) is 9.84. The van der Waals surface area contributed by atoms with E-state index in [1.165, 1.54) is 0 Å². The molecule has 0 unspecified atom stereocenters. The molecule has 1 fully saturated rings. The molecule has 150 valence electrons. The van der Waals surface area contributed by atoms with Crippen LogP contribution in [-0.4, -0.2) is 57.1 Å². The fourth-order valence-electron chi connectivity index (χ4n) is 3.61. The molecule has 0 N–H and O–H groups in total. The number of para-hydroxylation sites is 1. The molecule has 1 saturated heterocycles. The van der Waals surface area contributed by atoms with Crippen LogP contribution in [0.3, 0.4) is 0 Å². The number of aromatic nitrogens is 4. The minimum Gasteiger partial charge on any atom is -0.353 e. The van der Waals surface area contributed by atoms with E-state index in [0.29, 0.717) is 43.6 Å². The molecule has 0 atom stereocenters. The summed E-state index contributed by atoms with van der Waals surface area (Å²) in [4.78, 5) is 30.2. The number of anilines is 1. The van der Waals surface area contributed by atoms with Gasteiger partial charge in [-0.25, -0.2) is 9.97 Å². The molecule has 0 radical (unpaired) electrons. The summed E-state index contributed by atoms with van der Waals surface area (Å²) in [6.45, 7) is 4.44. The number of pyridine rings is 2.